The van der Waals surface area contributed by atoms with Gasteiger partial charge in [0.15, 0.2) is 0 Å². The fourth-order valence-corrected chi connectivity index (χ4v) is 2.48. The molecule has 1 heterocycles. The summed E-state index contributed by atoms with van der Waals surface area (Å²) < 4.78 is 0. The zero-order chi connectivity index (χ0) is 9.59. The van der Waals surface area contributed by atoms with Gasteiger partial charge in [0.1, 0.15) is 6.04 Å². The van der Waals surface area contributed by atoms with Crippen LogP contribution in [0.3, 0.4) is 0 Å². The van der Waals surface area contributed by atoms with Gasteiger partial charge in [0.25, 0.3) is 0 Å². The summed E-state index contributed by atoms with van der Waals surface area (Å²) in [4.78, 5) is 13.1. The molecule has 2 rings (SSSR count). The number of rotatable bonds is 1. The summed E-state index contributed by atoms with van der Waals surface area (Å²) in [5.74, 6) is 1.05. The van der Waals surface area contributed by atoms with Crippen molar-refractivity contribution in [1.29, 1.82) is 5.26 Å². The van der Waals surface area contributed by atoms with Crippen LogP contribution in [0.2, 0.25) is 0 Å². The molecule has 4 atom stereocenters. The quantitative estimate of drug-likeness (QED) is 0.601. The lowest BCUT2D eigenvalue weighted by Crippen LogP contribution is -2.42. The Bertz CT molecular complexity index is 283. The maximum atomic E-state index is 11.4. The van der Waals surface area contributed by atoms with Crippen LogP contribution in [0.4, 0.5) is 0 Å². The smallest absolute Gasteiger partial charge is 0.237 e. The Morgan fingerprint density at radius 3 is 3.00 bits per heavy atom. The maximum Gasteiger partial charge on any atom is 0.237 e. The monoisotopic (exact) mass is 179 g/mol. The van der Waals surface area contributed by atoms with Crippen LogP contribution >= 0.6 is 0 Å². The number of piperidine rings is 1. The number of nitrogens with two attached hydrogens (primary N) is 1. The predicted molar refractivity (Wildman–Crippen MR) is 46.4 cm³/mol. The summed E-state index contributed by atoms with van der Waals surface area (Å²) >= 11 is 0. The van der Waals surface area contributed by atoms with Crippen molar-refractivity contribution >= 4 is 5.91 Å². The third-order valence-corrected chi connectivity index (χ3v) is 3.28. The van der Waals surface area contributed by atoms with Crippen LogP contribution in [0, 0.1) is 23.2 Å². The van der Waals surface area contributed by atoms with E-state index in [1.165, 1.54) is 0 Å². The number of likely N-dealkylation sites (tertiary alicyclic amines) is 1. The zero-order valence-electron chi connectivity index (χ0n) is 7.60. The molecule has 0 aromatic rings. The Morgan fingerprint density at radius 1 is 1.77 bits per heavy atom. The molecule has 2 aliphatic rings. The third-order valence-electron chi connectivity index (χ3n) is 3.28. The van der Waals surface area contributed by atoms with E-state index >= 15 is 0 Å². The van der Waals surface area contributed by atoms with E-state index in [1.807, 2.05) is 0 Å². The first-order chi connectivity index (χ1) is 6.20. The molecular formula is C9H13N3O. The van der Waals surface area contributed by atoms with Gasteiger partial charge in [-0.3, -0.25) is 4.79 Å². The second kappa shape index (κ2) is 2.71. The lowest BCUT2D eigenvalue weighted by Gasteiger charge is -2.22. The van der Waals surface area contributed by atoms with Gasteiger partial charge in [-0.1, -0.05) is 6.92 Å². The molecule has 4 heteroatoms. The van der Waals surface area contributed by atoms with E-state index in [2.05, 4.69) is 13.0 Å². The van der Waals surface area contributed by atoms with Crippen LogP contribution < -0.4 is 5.73 Å². The molecule has 2 N–H and O–H groups in total. The molecular weight excluding hydrogens is 166 g/mol. The molecule has 0 radical (unpaired) electrons. The van der Waals surface area contributed by atoms with Gasteiger partial charge < -0.3 is 10.6 Å². The van der Waals surface area contributed by atoms with Crippen molar-refractivity contribution in [2.45, 2.75) is 25.4 Å². The second-order valence-electron chi connectivity index (χ2n) is 3.90. The minimum absolute atomic E-state index is 0.0219. The summed E-state index contributed by atoms with van der Waals surface area (Å²) in [6.07, 6.45) is 0.841. The van der Waals surface area contributed by atoms with Gasteiger partial charge in [-0.25, -0.2) is 0 Å². The molecule has 4 nitrogen and oxygen atoms in total. The Morgan fingerprint density at radius 2 is 2.46 bits per heavy atom. The Balaban J connectivity index is 2.14. The minimum Gasteiger partial charge on any atom is -0.322 e. The number of amides is 1. The Labute approximate surface area is 77.3 Å². The van der Waals surface area contributed by atoms with Gasteiger partial charge in [0.05, 0.1) is 12.6 Å². The average Bonchev–Trinajstić information content (AvgIpc) is 2.65. The average molecular weight is 179 g/mol. The standard InChI is InChI=1S/C9H13N3O/c1-5-7-2-6(3-10)12(9(5)7)8(13)4-11/h5-7,9H,2,4,11H2,1H3/t5-,6?,7+,9-/m0/s1. The molecule has 1 saturated heterocycles. The van der Waals surface area contributed by atoms with Crippen LogP contribution in [0.1, 0.15) is 13.3 Å². The summed E-state index contributed by atoms with van der Waals surface area (Å²) in [6.45, 7) is 2.15. The molecule has 2 fully saturated rings. The van der Waals surface area contributed by atoms with E-state index in [-0.39, 0.29) is 18.5 Å². The Kier molecular flexibility index (Phi) is 1.77. The number of hydrogen-bond acceptors (Lipinski definition) is 3. The second-order valence-corrected chi connectivity index (χ2v) is 3.90. The third kappa shape index (κ3) is 1.04. The molecule has 0 aromatic carbocycles. The molecule has 13 heavy (non-hydrogen) atoms. The molecule has 1 aliphatic heterocycles. The van der Waals surface area contributed by atoms with Crippen LogP contribution in [0.5, 0.6) is 0 Å². The minimum atomic E-state index is -0.220. The zero-order valence-corrected chi connectivity index (χ0v) is 7.60. The highest BCUT2D eigenvalue weighted by Crippen LogP contribution is 2.52. The highest BCUT2D eigenvalue weighted by atomic mass is 16.2. The molecule has 0 spiro atoms. The van der Waals surface area contributed by atoms with Gasteiger partial charge in [-0.2, -0.15) is 5.26 Å². The van der Waals surface area contributed by atoms with Crippen molar-refractivity contribution in [2.24, 2.45) is 17.6 Å². The molecule has 1 aliphatic carbocycles. The number of nitrogens with zero attached hydrogens (tertiary/aromatic N) is 2. The first-order valence-electron chi connectivity index (χ1n) is 4.61. The van der Waals surface area contributed by atoms with E-state index in [9.17, 15) is 4.79 Å². The lowest BCUT2D eigenvalue weighted by molar-refractivity contribution is -0.130. The molecule has 70 valence electrons. The van der Waals surface area contributed by atoms with E-state index < -0.39 is 0 Å². The van der Waals surface area contributed by atoms with Crippen molar-refractivity contribution < 1.29 is 4.79 Å². The summed E-state index contributed by atoms with van der Waals surface area (Å²) in [6, 6.07) is 2.25. The highest BCUT2D eigenvalue weighted by Gasteiger charge is 2.59. The van der Waals surface area contributed by atoms with Gasteiger partial charge in [0.2, 0.25) is 5.91 Å². The first-order valence-corrected chi connectivity index (χ1v) is 4.61. The number of carbonyl (C=O) groups is 1. The van der Waals surface area contributed by atoms with Crippen molar-refractivity contribution in [3.05, 3.63) is 0 Å². The number of fused-ring (bicyclic) bond motifs is 1. The first kappa shape index (κ1) is 8.52. The molecule has 0 bridgehead atoms. The summed E-state index contributed by atoms with van der Waals surface area (Å²) in [7, 11) is 0. The number of nitriles is 1. The van der Waals surface area contributed by atoms with Crippen LogP contribution in [-0.2, 0) is 4.79 Å². The number of carbonyl (C=O) groups excluding carboxylic acids is 1. The van der Waals surface area contributed by atoms with E-state index in [4.69, 9.17) is 11.0 Å². The van der Waals surface area contributed by atoms with E-state index in [0.29, 0.717) is 17.9 Å². The van der Waals surface area contributed by atoms with Crippen molar-refractivity contribution in [3.8, 4) is 6.07 Å². The van der Waals surface area contributed by atoms with Crippen molar-refractivity contribution in [1.82, 2.24) is 4.90 Å². The highest BCUT2D eigenvalue weighted by molar-refractivity contribution is 5.80. The summed E-state index contributed by atoms with van der Waals surface area (Å²) in [5.41, 5.74) is 5.29. The fourth-order valence-electron chi connectivity index (χ4n) is 2.48. The van der Waals surface area contributed by atoms with Gasteiger partial charge in [-0.05, 0) is 18.3 Å². The van der Waals surface area contributed by atoms with Gasteiger partial charge in [-0.15, -0.1) is 0 Å². The van der Waals surface area contributed by atoms with E-state index in [1.54, 1.807) is 4.90 Å². The van der Waals surface area contributed by atoms with Crippen LogP contribution in [-0.4, -0.2) is 29.4 Å². The van der Waals surface area contributed by atoms with Crippen molar-refractivity contribution in [3.63, 3.8) is 0 Å². The largest absolute Gasteiger partial charge is 0.322 e. The fraction of sp³-hybridized carbons (Fsp3) is 0.778. The Hall–Kier alpha value is -1.08. The van der Waals surface area contributed by atoms with Crippen LogP contribution in [0.15, 0.2) is 0 Å². The van der Waals surface area contributed by atoms with Gasteiger partial charge in [0, 0.05) is 6.04 Å². The van der Waals surface area contributed by atoms with Crippen molar-refractivity contribution in [2.75, 3.05) is 6.54 Å². The topological polar surface area (TPSA) is 70.1 Å². The van der Waals surface area contributed by atoms with E-state index in [0.717, 1.165) is 6.42 Å². The molecule has 1 unspecified atom stereocenters. The molecule has 1 amide bonds. The summed E-state index contributed by atoms with van der Waals surface area (Å²) in [5, 5.41) is 8.82. The van der Waals surface area contributed by atoms with Gasteiger partial charge >= 0.3 is 0 Å². The van der Waals surface area contributed by atoms with Crippen LogP contribution in [0.25, 0.3) is 0 Å². The maximum absolute atomic E-state index is 11.4. The molecule has 1 saturated carbocycles. The SMILES string of the molecule is C[C@H]1[C@H]2CC(C#N)N(C(=O)CN)[C@@H]12. The lowest BCUT2D eigenvalue weighted by atomic mass is 10.1. The number of hydrogen-bond donors (Lipinski definition) is 1. The predicted octanol–water partition coefficient (Wildman–Crippen LogP) is -0.296. The normalized spacial score (nSPS) is 41.2. The molecule has 0 aromatic heterocycles.